The van der Waals surface area contributed by atoms with Crippen LogP contribution in [0.2, 0.25) is 0 Å². The molecule has 1 atom stereocenters. The lowest BCUT2D eigenvalue weighted by Crippen LogP contribution is -2.37. The largest absolute Gasteiger partial charge is 0.366 e. The molecule has 1 saturated heterocycles. The Kier molecular flexibility index (Phi) is 6.41. The number of hydrogen-bond acceptors (Lipinski definition) is 5. The molecule has 9 heteroatoms. The lowest BCUT2D eigenvalue weighted by molar-refractivity contribution is 0.100. The summed E-state index contributed by atoms with van der Waals surface area (Å²) in [6.07, 6.45) is 2.09. The van der Waals surface area contributed by atoms with Gasteiger partial charge < -0.3 is 11.1 Å². The third-order valence-electron chi connectivity index (χ3n) is 3.09. The van der Waals surface area contributed by atoms with Crippen molar-refractivity contribution >= 4 is 39.7 Å². The first-order valence-electron chi connectivity index (χ1n) is 6.08. The first-order valence-corrected chi connectivity index (χ1v) is 8.44. The quantitative estimate of drug-likeness (QED) is 0.729. The van der Waals surface area contributed by atoms with E-state index in [4.69, 9.17) is 5.73 Å². The molecule has 4 N–H and O–H groups in total. The van der Waals surface area contributed by atoms with Crippen LogP contribution in [-0.2, 0) is 10.0 Å². The summed E-state index contributed by atoms with van der Waals surface area (Å²) >= 11 is 1.00. The van der Waals surface area contributed by atoms with E-state index in [1.165, 1.54) is 11.4 Å². The van der Waals surface area contributed by atoms with E-state index in [2.05, 4.69) is 10.0 Å². The summed E-state index contributed by atoms with van der Waals surface area (Å²) in [4.78, 5) is 11.0. The molecule has 0 saturated carbocycles. The normalized spacial score (nSPS) is 19.3. The first kappa shape index (κ1) is 17.4. The maximum absolute atomic E-state index is 12.0. The van der Waals surface area contributed by atoms with Gasteiger partial charge in [0.2, 0.25) is 15.9 Å². The van der Waals surface area contributed by atoms with Gasteiger partial charge >= 0.3 is 0 Å². The van der Waals surface area contributed by atoms with E-state index in [-0.39, 0.29) is 22.2 Å². The summed E-state index contributed by atoms with van der Waals surface area (Å²) in [6, 6.07) is 1.31. The van der Waals surface area contributed by atoms with Crippen LogP contribution in [0, 0.1) is 5.92 Å². The van der Waals surface area contributed by atoms with Gasteiger partial charge in [-0.15, -0.1) is 23.7 Å². The zero-order valence-electron chi connectivity index (χ0n) is 10.8. The number of rotatable bonds is 5. The number of sulfonamides is 1. The number of hydrogen-bond donors (Lipinski definition) is 3. The van der Waals surface area contributed by atoms with Gasteiger partial charge in [0.15, 0.2) is 0 Å². The summed E-state index contributed by atoms with van der Waals surface area (Å²) in [5.74, 6) is -0.298. The van der Waals surface area contributed by atoms with Crippen LogP contribution < -0.4 is 15.8 Å². The Hall–Kier alpha value is -0.670. The van der Waals surface area contributed by atoms with Crippen LogP contribution in [0.15, 0.2) is 15.7 Å². The Balaban J connectivity index is 0.00000200. The van der Waals surface area contributed by atoms with Crippen LogP contribution in [0.3, 0.4) is 0 Å². The van der Waals surface area contributed by atoms with Gasteiger partial charge in [-0.2, -0.15) is 0 Å². The molecular weight excluding hydrogens is 322 g/mol. The van der Waals surface area contributed by atoms with Crippen LogP contribution in [0.5, 0.6) is 0 Å². The van der Waals surface area contributed by atoms with Gasteiger partial charge in [-0.1, -0.05) is 0 Å². The summed E-state index contributed by atoms with van der Waals surface area (Å²) in [6.45, 7) is 2.24. The van der Waals surface area contributed by atoms with E-state index in [1.54, 1.807) is 0 Å². The fourth-order valence-corrected chi connectivity index (χ4v) is 4.31. The third-order valence-corrected chi connectivity index (χ3v) is 5.95. The molecule has 114 valence electrons. The van der Waals surface area contributed by atoms with E-state index in [0.717, 1.165) is 37.3 Å². The number of carbonyl (C=O) groups excluding carboxylic acids is 1. The van der Waals surface area contributed by atoms with Crippen LogP contribution in [0.25, 0.3) is 0 Å². The molecule has 0 spiro atoms. The van der Waals surface area contributed by atoms with Crippen molar-refractivity contribution in [3.8, 4) is 0 Å². The fourth-order valence-electron chi connectivity index (χ4n) is 1.98. The fraction of sp³-hybridized carbons (Fsp3) is 0.545. The van der Waals surface area contributed by atoms with E-state index >= 15 is 0 Å². The van der Waals surface area contributed by atoms with E-state index in [9.17, 15) is 13.2 Å². The number of carbonyl (C=O) groups is 1. The molecule has 2 rings (SSSR count). The number of halogens is 1. The molecule has 1 aromatic rings. The number of nitrogens with one attached hydrogen (secondary N) is 2. The number of amides is 1. The lowest BCUT2D eigenvalue weighted by atomic mass is 10.0. The standard InChI is InChI=1S/C11H17N3O3S2.ClH/c12-11(15)9-4-10(18-7-9)19(16,17)14-6-8-2-1-3-13-5-8;/h4,7-8,13-14H,1-3,5-6H2,(H2,12,15);1H. The van der Waals surface area contributed by atoms with Crippen LogP contribution >= 0.6 is 23.7 Å². The summed E-state index contributed by atoms with van der Waals surface area (Å²) < 4.78 is 26.8. The smallest absolute Gasteiger partial charge is 0.250 e. The Bertz CT molecular complexity index is 553. The average Bonchev–Trinajstić information content (AvgIpc) is 2.88. The maximum atomic E-state index is 12.0. The second kappa shape index (κ2) is 7.37. The highest BCUT2D eigenvalue weighted by atomic mass is 35.5. The SMILES string of the molecule is Cl.NC(=O)c1csc(S(=O)(=O)NCC2CCCNC2)c1. The Morgan fingerprint density at radius 3 is 2.85 bits per heavy atom. The summed E-state index contributed by atoms with van der Waals surface area (Å²) in [5, 5.41) is 4.69. The molecule has 1 aliphatic heterocycles. The van der Waals surface area contributed by atoms with Crippen molar-refractivity contribution in [2.75, 3.05) is 19.6 Å². The van der Waals surface area contributed by atoms with Gasteiger partial charge in [-0.25, -0.2) is 13.1 Å². The van der Waals surface area contributed by atoms with Crippen LogP contribution in [0.1, 0.15) is 23.2 Å². The van der Waals surface area contributed by atoms with Crippen molar-refractivity contribution in [1.82, 2.24) is 10.0 Å². The third kappa shape index (κ3) is 4.42. The molecular formula is C11H18ClN3O3S2. The molecule has 1 unspecified atom stereocenters. The molecule has 1 aliphatic rings. The molecule has 1 amide bonds. The molecule has 0 aliphatic carbocycles. The number of thiophene rings is 1. The molecule has 0 aromatic carbocycles. The molecule has 0 bridgehead atoms. The van der Waals surface area contributed by atoms with E-state index in [0.29, 0.717) is 12.5 Å². The topological polar surface area (TPSA) is 101 Å². The Labute approximate surface area is 128 Å². The van der Waals surface area contributed by atoms with E-state index in [1.807, 2.05) is 0 Å². The minimum Gasteiger partial charge on any atom is -0.366 e. The zero-order chi connectivity index (χ0) is 13.9. The van der Waals surface area contributed by atoms with Crippen molar-refractivity contribution in [1.29, 1.82) is 0 Å². The van der Waals surface area contributed by atoms with Crippen LogP contribution in [0.4, 0.5) is 0 Å². The highest BCUT2D eigenvalue weighted by Crippen LogP contribution is 2.20. The van der Waals surface area contributed by atoms with Crippen molar-refractivity contribution in [3.63, 3.8) is 0 Å². The second-order valence-electron chi connectivity index (χ2n) is 4.58. The van der Waals surface area contributed by atoms with E-state index < -0.39 is 15.9 Å². The zero-order valence-corrected chi connectivity index (χ0v) is 13.2. The molecule has 0 radical (unpaired) electrons. The van der Waals surface area contributed by atoms with Gasteiger partial charge in [0.1, 0.15) is 4.21 Å². The van der Waals surface area contributed by atoms with Gasteiger partial charge in [-0.3, -0.25) is 4.79 Å². The maximum Gasteiger partial charge on any atom is 0.250 e. The number of piperidine rings is 1. The monoisotopic (exact) mass is 339 g/mol. The van der Waals surface area contributed by atoms with Gasteiger partial charge in [0.05, 0.1) is 5.56 Å². The average molecular weight is 340 g/mol. The molecule has 1 aromatic heterocycles. The number of primary amides is 1. The summed E-state index contributed by atoms with van der Waals surface area (Å²) in [7, 11) is -3.54. The van der Waals surface area contributed by atoms with Crippen molar-refractivity contribution in [3.05, 3.63) is 17.0 Å². The van der Waals surface area contributed by atoms with Gasteiger partial charge in [0.25, 0.3) is 0 Å². The van der Waals surface area contributed by atoms with Crippen LogP contribution in [-0.4, -0.2) is 34.0 Å². The highest BCUT2D eigenvalue weighted by molar-refractivity contribution is 7.91. The lowest BCUT2D eigenvalue weighted by Gasteiger charge is -2.22. The van der Waals surface area contributed by atoms with Crippen molar-refractivity contribution in [2.24, 2.45) is 11.7 Å². The van der Waals surface area contributed by atoms with Crippen molar-refractivity contribution < 1.29 is 13.2 Å². The Morgan fingerprint density at radius 1 is 1.55 bits per heavy atom. The first-order chi connectivity index (χ1) is 8.99. The minimum absolute atomic E-state index is 0. The second-order valence-corrected chi connectivity index (χ2v) is 7.49. The molecule has 2 heterocycles. The predicted molar refractivity (Wildman–Crippen MR) is 80.9 cm³/mol. The minimum atomic E-state index is -3.54. The molecule has 1 fully saturated rings. The predicted octanol–water partition coefficient (Wildman–Crippen LogP) is 0.547. The van der Waals surface area contributed by atoms with Crippen molar-refractivity contribution in [2.45, 2.75) is 17.1 Å². The number of nitrogens with two attached hydrogens (primary N) is 1. The summed E-state index contributed by atoms with van der Waals surface area (Å²) in [5.41, 5.74) is 5.33. The van der Waals surface area contributed by atoms with Gasteiger partial charge in [-0.05, 0) is 37.9 Å². The highest BCUT2D eigenvalue weighted by Gasteiger charge is 2.20. The van der Waals surface area contributed by atoms with Gasteiger partial charge in [0, 0.05) is 11.9 Å². The molecule has 6 nitrogen and oxygen atoms in total. The Morgan fingerprint density at radius 2 is 2.30 bits per heavy atom. The molecule has 20 heavy (non-hydrogen) atoms.